The lowest BCUT2D eigenvalue weighted by molar-refractivity contribution is 0.0568. The minimum absolute atomic E-state index is 0.218. The predicted octanol–water partition coefficient (Wildman–Crippen LogP) is 3.49. The van der Waals surface area contributed by atoms with Crippen LogP contribution in [0.3, 0.4) is 0 Å². The molecule has 2 nitrogen and oxygen atoms in total. The van der Waals surface area contributed by atoms with Crippen molar-refractivity contribution in [3.05, 3.63) is 51.0 Å². The van der Waals surface area contributed by atoms with Crippen LogP contribution in [-0.4, -0.2) is 10.1 Å². The van der Waals surface area contributed by atoms with Crippen LogP contribution in [0, 0.1) is 25.5 Å². The first-order chi connectivity index (χ1) is 8.78. The normalized spacial score (nSPS) is 14.4. The molecule has 1 heterocycles. The fourth-order valence-corrected chi connectivity index (χ4v) is 2.96. The van der Waals surface area contributed by atoms with Gasteiger partial charge in [-0.3, -0.25) is 0 Å². The van der Waals surface area contributed by atoms with Crippen molar-refractivity contribution in [3.63, 3.8) is 0 Å². The van der Waals surface area contributed by atoms with Gasteiger partial charge in [0, 0.05) is 17.4 Å². The van der Waals surface area contributed by atoms with Crippen molar-refractivity contribution in [1.82, 2.24) is 4.98 Å². The number of aromatic nitrogens is 1. The summed E-state index contributed by atoms with van der Waals surface area (Å²) in [6, 6.07) is 3.09. The van der Waals surface area contributed by atoms with E-state index in [4.69, 9.17) is 0 Å². The molecule has 0 aliphatic carbocycles. The molecule has 0 spiro atoms. The molecule has 0 fully saturated rings. The lowest BCUT2D eigenvalue weighted by atomic mass is 9.92. The molecule has 1 N–H and O–H groups in total. The van der Waals surface area contributed by atoms with Crippen LogP contribution in [0.2, 0.25) is 0 Å². The Hall–Kier alpha value is -1.33. The highest BCUT2D eigenvalue weighted by Gasteiger charge is 2.26. The second kappa shape index (κ2) is 4.98. The molecular formula is C14H15F2NOS. The maximum atomic E-state index is 13.2. The van der Waals surface area contributed by atoms with Crippen molar-refractivity contribution in [2.45, 2.75) is 32.8 Å². The number of hydrogen-bond acceptors (Lipinski definition) is 3. The summed E-state index contributed by atoms with van der Waals surface area (Å²) in [4.78, 5) is 5.42. The van der Waals surface area contributed by atoms with Gasteiger partial charge in [0.1, 0.15) is 11.6 Å². The molecule has 0 radical (unpaired) electrons. The van der Waals surface area contributed by atoms with Gasteiger partial charge in [-0.1, -0.05) is 0 Å². The molecule has 0 saturated heterocycles. The first kappa shape index (κ1) is 14.1. The average Bonchev–Trinajstić information content (AvgIpc) is 2.55. The van der Waals surface area contributed by atoms with E-state index in [0.717, 1.165) is 33.8 Å². The van der Waals surface area contributed by atoms with Gasteiger partial charge in [0.05, 0.1) is 16.3 Å². The van der Waals surface area contributed by atoms with Crippen molar-refractivity contribution in [3.8, 4) is 0 Å². The topological polar surface area (TPSA) is 33.1 Å². The Bertz CT molecular complexity index is 568. The van der Waals surface area contributed by atoms with E-state index in [-0.39, 0.29) is 12.0 Å². The lowest BCUT2D eigenvalue weighted by Gasteiger charge is -2.22. The second-order valence-electron chi connectivity index (χ2n) is 4.86. The Labute approximate surface area is 114 Å². The Kier molecular flexibility index (Phi) is 3.69. The monoisotopic (exact) mass is 283 g/mol. The fraction of sp³-hybridized carbons (Fsp3) is 0.357. The van der Waals surface area contributed by atoms with Gasteiger partial charge in [-0.25, -0.2) is 13.8 Å². The second-order valence-corrected chi connectivity index (χ2v) is 6.15. The molecule has 19 heavy (non-hydrogen) atoms. The Morgan fingerprint density at radius 1 is 1.21 bits per heavy atom. The van der Waals surface area contributed by atoms with Crippen molar-refractivity contribution < 1.29 is 13.9 Å². The SMILES string of the molecule is Cc1nc(CC(C)(O)c2cc(F)cc(F)c2)sc1C. The highest BCUT2D eigenvalue weighted by Crippen LogP contribution is 2.29. The number of thiazole rings is 1. The largest absolute Gasteiger partial charge is 0.385 e. The van der Waals surface area contributed by atoms with E-state index in [1.165, 1.54) is 18.3 Å². The standard InChI is InChI=1S/C14H15F2NOS/c1-8-9(2)19-13(17-8)7-14(3,18)10-4-11(15)6-12(16)5-10/h4-6,18H,7H2,1-3H3. The molecule has 0 amide bonds. The van der Waals surface area contributed by atoms with E-state index >= 15 is 0 Å². The molecule has 2 rings (SSSR count). The smallest absolute Gasteiger partial charge is 0.126 e. The summed E-state index contributed by atoms with van der Waals surface area (Å²) < 4.78 is 26.4. The summed E-state index contributed by atoms with van der Waals surface area (Å²) in [6.45, 7) is 5.38. The molecule has 0 aliphatic rings. The maximum absolute atomic E-state index is 13.2. The Morgan fingerprint density at radius 3 is 2.26 bits per heavy atom. The Balaban J connectivity index is 2.31. The van der Waals surface area contributed by atoms with Crippen molar-refractivity contribution in [1.29, 1.82) is 0 Å². The van der Waals surface area contributed by atoms with Gasteiger partial charge in [-0.15, -0.1) is 11.3 Å². The number of halogens is 2. The number of benzene rings is 1. The molecule has 0 saturated carbocycles. The zero-order chi connectivity index (χ0) is 14.2. The minimum Gasteiger partial charge on any atom is -0.385 e. The summed E-state index contributed by atoms with van der Waals surface area (Å²) in [5.41, 5.74) is -0.212. The first-order valence-corrected chi connectivity index (χ1v) is 6.71. The molecule has 0 bridgehead atoms. The van der Waals surface area contributed by atoms with Gasteiger partial charge in [0.15, 0.2) is 0 Å². The number of rotatable bonds is 3. The summed E-state index contributed by atoms with van der Waals surface area (Å²) in [6.07, 6.45) is 0.231. The van der Waals surface area contributed by atoms with Gasteiger partial charge in [0.25, 0.3) is 0 Å². The van der Waals surface area contributed by atoms with Crippen LogP contribution in [0.1, 0.15) is 28.1 Å². The summed E-state index contributed by atoms with van der Waals surface area (Å²) in [5, 5.41) is 11.2. The summed E-state index contributed by atoms with van der Waals surface area (Å²) in [5.74, 6) is -1.39. The lowest BCUT2D eigenvalue weighted by Crippen LogP contribution is -2.24. The molecule has 102 valence electrons. The third-order valence-corrected chi connectivity index (χ3v) is 4.13. The molecule has 1 atom stereocenters. The molecule has 1 unspecified atom stereocenters. The molecule has 5 heteroatoms. The summed E-state index contributed by atoms with van der Waals surface area (Å²) in [7, 11) is 0. The highest BCUT2D eigenvalue weighted by atomic mass is 32.1. The molecule has 0 aliphatic heterocycles. The zero-order valence-corrected chi connectivity index (χ0v) is 11.8. The van der Waals surface area contributed by atoms with Crippen LogP contribution in [0.15, 0.2) is 18.2 Å². The Morgan fingerprint density at radius 2 is 1.79 bits per heavy atom. The maximum Gasteiger partial charge on any atom is 0.126 e. The predicted molar refractivity (Wildman–Crippen MR) is 71.2 cm³/mol. The molecular weight excluding hydrogens is 268 g/mol. The first-order valence-electron chi connectivity index (χ1n) is 5.90. The van der Waals surface area contributed by atoms with Crippen molar-refractivity contribution >= 4 is 11.3 Å². The molecule has 2 aromatic rings. The number of nitrogens with zero attached hydrogens (tertiary/aromatic N) is 1. The van der Waals surface area contributed by atoms with Crippen LogP contribution in [0.4, 0.5) is 8.78 Å². The quantitative estimate of drug-likeness (QED) is 0.935. The fourth-order valence-electron chi connectivity index (χ4n) is 1.88. The van der Waals surface area contributed by atoms with Crippen molar-refractivity contribution in [2.75, 3.05) is 0 Å². The van der Waals surface area contributed by atoms with E-state index in [1.807, 2.05) is 13.8 Å². The van der Waals surface area contributed by atoms with Gasteiger partial charge < -0.3 is 5.11 Å². The van der Waals surface area contributed by atoms with Crippen LogP contribution < -0.4 is 0 Å². The van der Waals surface area contributed by atoms with Crippen LogP contribution >= 0.6 is 11.3 Å². The van der Waals surface area contributed by atoms with E-state index in [9.17, 15) is 13.9 Å². The van der Waals surface area contributed by atoms with Crippen LogP contribution in [0.5, 0.6) is 0 Å². The van der Waals surface area contributed by atoms with Crippen molar-refractivity contribution in [2.24, 2.45) is 0 Å². The summed E-state index contributed by atoms with van der Waals surface area (Å²) >= 11 is 1.49. The average molecular weight is 283 g/mol. The van der Waals surface area contributed by atoms with E-state index in [1.54, 1.807) is 0 Å². The van der Waals surface area contributed by atoms with Crippen LogP contribution in [-0.2, 0) is 12.0 Å². The molecule has 1 aromatic heterocycles. The molecule has 1 aromatic carbocycles. The van der Waals surface area contributed by atoms with E-state index in [0.29, 0.717) is 0 Å². The number of aryl methyl sites for hydroxylation is 2. The van der Waals surface area contributed by atoms with Gasteiger partial charge in [0.2, 0.25) is 0 Å². The van der Waals surface area contributed by atoms with Gasteiger partial charge >= 0.3 is 0 Å². The van der Waals surface area contributed by atoms with Gasteiger partial charge in [-0.05, 0) is 38.5 Å². The van der Waals surface area contributed by atoms with E-state index < -0.39 is 17.2 Å². The third-order valence-electron chi connectivity index (χ3n) is 3.05. The van der Waals surface area contributed by atoms with Crippen LogP contribution in [0.25, 0.3) is 0 Å². The van der Waals surface area contributed by atoms with E-state index in [2.05, 4.69) is 4.98 Å². The highest BCUT2D eigenvalue weighted by molar-refractivity contribution is 7.11. The minimum atomic E-state index is -1.35. The third kappa shape index (κ3) is 3.16. The van der Waals surface area contributed by atoms with Gasteiger partial charge in [-0.2, -0.15) is 0 Å². The number of hydrogen-bond donors (Lipinski definition) is 1. The number of aliphatic hydroxyl groups is 1. The zero-order valence-electron chi connectivity index (χ0n) is 11.0.